The third-order valence-electron chi connectivity index (χ3n) is 6.26. The molecule has 4 aromatic rings. The highest BCUT2D eigenvalue weighted by atomic mass is 35.5. The number of aliphatic carboxylic acids is 1. The van der Waals surface area contributed by atoms with Crippen LogP contribution in [0.2, 0.25) is 10.0 Å². The van der Waals surface area contributed by atoms with Gasteiger partial charge >= 0.3 is 5.97 Å². The number of aryl methyl sites for hydroxylation is 1. The molecule has 4 rings (SSSR count). The minimum Gasteiger partial charge on any atom is -0.496 e. The predicted molar refractivity (Wildman–Crippen MR) is 152 cm³/mol. The van der Waals surface area contributed by atoms with E-state index in [0.717, 1.165) is 5.56 Å². The summed E-state index contributed by atoms with van der Waals surface area (Å²) in [4.78, 5) is 29.6. The smallest absolute Gasteiger partial charge is 0.326 e. The number of halogens is 2. The molecule has 2 N–H and O–H groups in total. The zero-order valence-corrected chi connectivity index (χ0v) is 23.9. The van der Waals surface area contributed by atoms with Crippen LogP contribution in [0.3, 0.4) is 0 Å². The van der Waals surface area contributed by atoms with Crippen LogP contribution in [-0.2, 0) is 22.6 Å². The van der Waals surface area contributed by atoms with Crippen molar-refractivity contribution < 1.29 is 33.3 Å². The van der Waals surface area contributed by atoms with Crippen LogP contribution >= 0.6 is 23.2 Å². The van der Waals surface area contributed by atoms with E-state index >= 15 is 0 Å². The number of hydrogen-bond donors (Lipinski definition) is 2. The quantitative estimate of drug-likeness (QED) is 0.216. The molecule has 1 aromatic heterocycles. The van der Waals surface area contributed by atoms with Crippen LogP contribution in [0.5, 0.6) is 11.5 Å². The predicted octanol–water partition coefficient (Wildman–Crippen LogP) is 6.09. The molecule has 0 aliphatic heterocycles. The average Bonchev–Trinajstić information content (AvgIpc) is 3.32. The van der Waals surface area contributed by atoms with Gasteiger partial charge in [-0.2, -0.15) is 0 Å². The number of methoxy groups -OCH3 is 2. The SMILES string of the molecule is CCOCc1cc(OC)c(-c2ccc(C[C@H](NC(=O)c3c(Cl)cccc3Cl)C(=O)O)c3nc(C)oc23)c(OC)c1. The van der Waals surface area contributed by atoms with E-state index in [2.05, 4.69) is 10.3 Å². The highest BCUT2D eigenvalue weighted by Crippen LogP contribution is 2.43. The van der Waals surface area contributed by atoms with Gasteiger partial charge in [-0.1, -0.05) is 35.3 Å². The van der Waals surface area contributed by atoms with Crippen molar-refractivity contribution >= 4 is 46.2 Å². The maximum atomic E-state index is 12.9. The summed E-state index contributed by atoms with van der Waals surface area (Å²) in [5.74, 6) is -0.460. The lowest BCUT2D eigenvalue weighted by Crippen LogP contribution is -2.42. The molecule has 0 bridgehead atoms. The van der Waals surface area contributed by atoms with Crippen molar-refractivity contribution in [2.75, 3.05) is 20.8 Å². The van der Waals surface area contributed by atoms with E-state index in [-0.39, 0.29) is 22.0 Å². The molecule has 0 unspecified atom stereocenters. The number of aromatic nitrogens is 1. The maximum Gasteiger partial charge on any atom is 0.326 e. The van der Waals surface area contributed by atoms with Crippen molar-refractivity contribution in [2.45, 2.75) is 32.9 Å². The van der Waals surface area contributed by atoms with E-state index in [1.54, 1.807) is 39.3 Å². The number of carbonyl (C=O) groups is 2. The topological polar surface area (TPSA) is 120 Å². The van der Waals surface area contributed by atoms with Gasteiger partial charge in [-0.3, -0.25) is 4.79 Å². The Bertz CT molecular complexity index is 1520. The van der Waals surface area contributed by atoms with Gasteiger partial charge < -0.3 is 29.1 Å². The fraction of sp³-hybridized carbons (Fsp3) is 0.276. The van der Waals surface area contributed by atoms with E-state index in [1.807, 2.05) is 19.1 Å². The molecule has 40 heavy (non-hydrogen) atoms. The van der Waals surface area contributed by atoms with Crippen molar-refractivity contribution in [3.05, 3.63) is 75.1 Å². The molecule has 0 fully saturated rings. The van der Waals surface area contributed by atoms with Crippen molar-refractivity contribution in [3.8, 4) is 22.6 Å². The number of oxazole rings is 1. The molecular formula is C29H28Cl2N2O7. The first kappa shape index (κ1) is 29.2. The molecule has 0 aliphatic carbocycles. The number of carboxylic acid groups (broad SMARTS) is 1. The average molecular weight is 587 g/mol. The summed E-state index contributed by atoms with van der Waals surface area (Å²) in [7, 11) is 3.12. The Labute approximate surface area is 241 Å². The molecule has 0 saturated carbocycles. The molecule has 11 heteroatoms. The van der Waals surface area contributed by atoms with Crippen molar-refractivity contribution in [2.24, 2.45) is 0 Å². The Balaban J connectivity index is 1.75. The number of carbonyl (C=O) groups excluding carboxylic acids is 1. The summed E-state index contributed by atoms with van der Waals surface area (Å²) >= 11 is 12.3. The third-order valence-corrected chi connectivity index (χ3v) is 6.89. The van der Waals surface area contributed by atoms with Crippen molar-refractivity contribution in [3.63, 3.8) is 0 Å². The van der Waals surface area contributed by atoms with Crippen molar-refractivity contribution in [1.29, 1.82) is 0 Å². The summed E-state index contributed by atoms with van der Waals surface area (Å²) in [6, 6.07) is 10.6. The number of benzene rings is 3. The van der Waals surface area contributed by atoms with Crippen LogP contribution in [0.25, 0.3) is 22.2 Å². The van der Waals surface area contributed by atoms with Crippen LogP contribution < -0.4 is 14.8 Å². The van der Waals surface area contributed by atoms with E-state index in [0.29, 0.717) is 58.4 Å². The molecule has 0 spiro atoms. The number of amides is 1. The highest BCUT2D eigenvalue weighted by molar-refractivity contribution is 6.39. The zero-order valence-electron chi connectivity index (χ0n) is 22.3. The minimum absolute atomic E-state index is 0.00170. The van der Waals surface area contributed by atoms with Gasteiger partial charge in [0.05, 0.1) is 42.0 Å². The maximum absolute atomic E-state index is 12.9. The lowest BCUT2D eigenvalue weighted by atomic mass is 9.96. The van der Waals surface area contributed by atoms with Gasteiger partial charge in [0.2, 0.25) is 0 Å². The van der Waals surface area contributed by atoms with Crippen LogP contribution in [0.4, 0.5) is 0 Å². The Morgan fingerprint density at radius 3 is 2.30 bits per heavy atom. The van der Waals surface area contributed by atoms with Crippen LogP contribution in [0.15, 0.2) is 46.9 Å². The van der Waals surface area contributed by atoms with E-state index in [4.69, 9.17) is 41.8 Å². The van der Waals surface area contributed by atoms with Gasteiger partial charge in [0.25, 0.3) is 5.91 Å². The number of nitrogens with zero attached hydrogens (tertiary/aromatic N) is 1. The monoisotopic (exact) mass is 586 g/mol. The lowest BCUT2D eigenvalue weighted by Gasteiger charge is -2.18. The van der Waals surface area contributed by atoms with Gasteiger partial charge in [0.1, 0.15) is 23.1 Å². The molecule has 0 radical (unpaired) electrons. The van der Waals surface area contributed by atoms with E-state index < -0.39 is 17.9 Å². The first-order chi connectivity index (χ1) is 19.2. The molecule has 0 aliphatic rings. The number of nitrogens with one attached hydrogen (secondary N) is 1. The Morgan fingerprint density at radius 2 is 1.73 bits per heavy atom. The second kappa shape index (κ2) is 12.6. The standard InChI is InChI=1S/C29H28Cl2N2O7/c1-5-39-14-16-11-22(37-3)24(23(12-16)38-4)18-10-9-17(26-27(18)40-15(2)32-26)13-21(29(35)36)33-28(34)25-19(30)7-6-8-20(25)31/h6-12,21H,5,13-14H2,1-4H3,(H,33,34)(H,35,36)/t21-/m0/s1. The second-order valence-electron chi connectivity index (χ2n) is 8.86. The van der Waals surface area contributed by atoms with Gasteiger partial charge in [0, 0.05) is 25.5 Å². The van der Waals surface area contributed by atoms with Gasteiger partial charge in [-0.05, 0) is 48.4 Å². The lowest BCUT2D eigenvalue weighted by molar-refractivity contribution is -0.139. The molecule has 210 valence electrons. The highest BCUT2D eigenvalue weighted by Gasteiger charge is 2.27. The Morgan fingerprint density at radius 1 is 1.07 bits per heavy atom. The fourth-order valence-corrected chi connectivity index (χ4v) is 5.00. The summed E-state index contributed by atoms with van der Waals surface area (Å²) in [5.41, 5.74) is 3.60. The normalized spacial score (nSPS) is 11.8. The molecule has 0 saturated heterocycles. The number of rotatable bonds is 11. The minimum atomic E-state index is -1.30. The van der Waals surface area contributed by atoms with Crippen LogP contribution in [0, 0.1) is 6.92 Å². The second-order valence-corrected chi connectivity index (χ2v) is 9.67. The van der Waals surface area contributed by atoms with Gasteiger partial charge in [-0.15, -0.1) is 0 Å². The third kappa shape index (κ3) is 6.01. The largest absolute Gasteiger partial charge is 0.496 e. The number of carboxylic acids is 1. The summed E-state index contributed by atoms with van der Waals surface area (Å²) in [5, 5.41) is 12.7. The molecular weight excluding hydrogens is 559 g/mol. The number of ether oxygens (including phenoxy) is 3. The summed E-state index contributed by atoms with van der Waals surface area (Å²) in [6.45, 7) is 4.57. The molecule has 3 aromatic carbocycles. The summed E-state index contributed by atoms with van der Waals surface area (Å²) < 4.78 is 23.0. The Kier molecular flexibility index (Phi) is 9.19. The van der Waals surface area contributed by atoms with Crippen LogP contribution in [-0.4, -0.2) is 48.8 Å². The van der Waals surface area contributed by atoms with Gasteiger partial charge in [0.15, 0.2) is 11.5 Å². The number of fused-ring (bicyclic) bond motifs is 1. The first-order valence-corrected chi connectivity index (χ1v) is 13.1. The van der Waals surface area contributed by atoms with Crippen molar-refractivity contribution in [1.82, 2.24) is 10.3 Å². The first-order valence-electron chi connectivity index (χ1n) is 12.4. The molecule has 1 atom stereocenters. The van der Waals surface area contributed by atoms with E-state index in [9.17, 15) is 14.7 Å². The Hall–Kier alpha value is -3.79. The molecule has 9 nitrogen and oxygen atoms in total. The van der Waals surface area contributed by atoms with Gasteiger partial charge in [-0.25, -0.2) is 9.78 Å². The molecule has 1 amide bonds. The molecule has 1 heterocycles. The number of hydrogen-bond acceptors (Lipinski definition) is 7. The summed E-state index contributed by atoms with van der Waals surface area (Å²) in [6.07, 6.45) is -0.0759. The van der Waals surface area contributed by atoms with Crippen LogP contribution in [0.1, 0.15) is 34.3 Å². The zero-order chi connectivity index (χ0) is 29.0. The van der Waals surface area contributed by atoms with E-state index in [1.165, 1.54) is 12.1 Å². The fourth-order valence-electron chi connectivity index (χ4n) is 4.43.